The molecule has 5 heteroatoms. The van der Waals surface area contributed by atoms with Gasteiger partial charge in [0.05, 0.1) is 4.90 Å². The van der Waals surface area contributed by atoms with E-state index in [1.807, 2.05) is 0 Å². The number of nitrogens with one attached hydrogen (secondary N) is 1. The van der Waals surface area contributed by atoms with Crippen LogP contribution < -0.4 is 5.56 Å². The fourth-order valence-electron chi connectivity index (χ4n) is 1.26. The third-order valence-electron chi connectivity index (χ3n) is 1.92. The number of aromatic nitrogens is 1. The topological polar surface area (TPSA) is 67.0 Å². The summed E-state index contributed by atoms with van der Waals surface area (Å²) < 4.78 is 21.4. The maximum absolute atomic E-state index is 10.9. The standard InChI is InChI=1S/C9H7NO3S/c11-9-4-1-6-5-7(14(12)13)2-3-8(6)10-9/h1-5,14H,(H,10,11). The Bertz CT molecular complexity index is 605. The molecule has 1 aromatic heterocycles. The van der Waals surface area contributed by atoms with E-state index in [1.165, 1.54) is 18.2 Å². The van der Waals surface area contributed by atoms with Crippen LogP contribution in [-0.2, 0) is 10.7 Å². The molecule has 2 aromatic rings. The minimum Gasteiger partial charge on any atom is -0.322 e. The Labute approximate surface area is 81.2 Å². The molecule has 0 bridgehead atoms. The first-order valence-corrected chi connectivity index (χ1v) is 5.12. The predicted molar refractivity (Wildman–Crippen MR) is 53.1 cm³/mol. The zero-order valence-electron chi connectivity index (χ0n) is 7.06. The number of pyridine rings is 1. The van der Waals surface area contributed by atoms with Crippen molar-refractivity contribution < 1.29 is 8.42 Å². The molecule has 0 atom stereocenters. The van der Waals surface area contributed by atoms with Gasteiger partial charge < -0.3 is 4.98 Å². The second kappa shape index (κ2) is 3.26. The number of benzene rings is 1. The van der Waals surface area contributed by atoms with Gasteiger partial charge in [-0.3, -0.25) is 4.79 Å². The summed E-state index contributed by atoms with van der Waals surface area (Å²) in [5.74, 6) is 0. The molecule has 2 rings (SSSR count). The molecule has 4 nitrogen and oxygen atoms in total. The van der Waals surface area contributed by atoms with Crippen molar-refractivity contribution in [2.45, 2.75) is 4.90 Å². The van der Waals surface area contributed by atoms with Crippen molar-refractivity contribution in [1.82, 2.24) is 4.98 Å². The number of thiol groups is 1. The zero-order valence-corrected chi connectivity index (χ0v) is 7.95. The number of hydrogen-bond acceptors (Lipinski definition) is 3. The molecule has 1 N–H and O–H groups in total. The molecule has 1 heterocycles. The maximum atomic E-state index is 10.9. The van der Waals surface area contributed by atoms with Gasteiger partial charge in [-0.2, -0.15) is 0 Å². The van der Waals surface area contributed by atoms with Gasteiger partial charge in [-0.15, -0.1) is 0 Å². The Morgan fingerprint density at radius 2 is 1.86 bits per heavy atom. The summed E-state index contributed by atoms with van der Waals surface area (Å²) in [5, 5.41) is 0.710. The summed E-state index contributed by atoms with van der Waals surface area (Å²) in [6.07, 6.45) is 0. The lowest BCUT2D eigenvalue weighted by molar-refractivity contribution is 0.614. The van der Waals surface area contributed by atoms with Crippen LogP contribution in [0.2, 0.25) is 0 Å². The van der Waals surface area contributed by atoms with E-state index in [4.69, 9.17) is 0 Å². The van der Waals surface area contributed by atoms with Gasteiger partial charge in [0.25, 0.3) is 0 Å². The van der Waals surface area contributed by atoms with Crippen molar-refractivity contribution in [1.29, 1.82) is 0 Å². The molecular weight excluding hydrogens is 202 g/mol. The van der Waals surface area contributed by atoms with Crippen molar-refractivity contribution in [2.24, 2.45) is 0 Å². The van der Waals surface area contributed by atoms with Gasteiger partial charge in [-0.1, -0.05) is 0 Å². The van der Waals surface area contributed by atoms with Crippen LogP contribution >= 0.6 is 0 Å². The largest absolute Gasteiger partial charge is 0.322 e. The third kappa shape index (κ3) is 1.54. The Hall–Kier alpha value is -1.62. The van der Waals surface area contributed by atoms with Crippen LogP contribution in [0.3, 0.4) is 0 Å². The molecule has 0 saturated carbocycles. The summed E-state index contributed by atoms with van der Waals surface area (Å²) in [5.41, 5.74) is 0.440. The summed E-state index contributed by atoms with van der Waals surface area (Å²) in [6, 6.07) is 7.53. The minimum atomic E-state index is -2.57. The van der Waals surface area contributed by atoms with Crippen LogP contribution in [0.5, 0.6) is 0 Å². The molecule has 1 aromatic carbocycles. The average molecular weight is 209 g/mol. The van der Waals surface area contributed by atoms with Gasteiger partial charge in [-0.05, 0) is 29.7 Å². The molecule has 0 fully saturated rings. The van der Waals surface area contributed by atoms with E-state index in [9.17, 15) is 13.2 Å². The van der Waals surface area contributed by atoms with Crippen LogP contribution in [0.15, 0.2) is 40.0 Å². The van der Waals surface area contributed by atoms with Crippen LogP contribution in [0.1, 0.15) is 0 Å². The van der Waals surface area contributed by atoms with Crippen LogP contribution in [-0.4, -0.2) is 13.4 Å². The van der Waals surface area contributed by atoms with E-state index < -0.39 is 10.7 Å². The van der Waals surface area contributed by atoms with Crippen molar-refractivity contribution in [2.75, 3.05) is 0 Å². The molecular formula is C9H7NO3S. The van der Waals surface area contributed by atoms with Crippen LogP contribution in [0.25, 0.3) is 10.9 Å². The summed E-state index contributed by atoms with van der Waals surface area (Å²) >= 11 is 0. The van der Waals surface area contributed by atoms with Crippen molar-refractivity contribution in [3.63, 3.8) is 0 Å². The first kappa shape index (κ1) is 8.96. The molecule has 0 radical (unpaired) electrons. The Balaban J connectivity index is 2.79. The molecule has 0 amide bonds. The van der Waals surface area contributed by atoms with Crippen LogP contribution in [0.4, 0.5) is 0 Å². The highest BCUT2D eigenvalue weighted by molar-refractivity contribution is 7.72. The molecule has 72 valence electrons. The number of hydrogen-bond donors (Lipinski definition) is 2. The van der Waals surface area contributed by atoms with Crippen molar-refractivity contribution >= 4 is 21.6 Å². The summed E-state index contributed by atoms with van der Waals surface area (Å²) in [7, 11) is -2.57. The van der Waals surface area contributed by atoms with E-state index in [2.05, 4.69) is 4.98 Å². The first-order valence-electron chi connectivity index (χ1n) is 3.94. The van der Waals surface area contributed by atoms with Crippen LogP contribution in [0, 0.1) is 0 Å². The van der Waals surface area contributed by atoms with Gasteiger partial charge in [0, 0.05) is 11.6 Å². The monoisotopic (exact) mass is 209 g/mol. The smallest absolute Gasteiger partial charge is 0.248 e. The molecule has 14 heavy (non-hydrogen) atoms. The Kier molecular flexibility index (Phi) is 2.09. The maximum Gasteiger partial charge on any atom is 0.248 e. The van der Waals surface area contributed by atoms with E-state index in [1.54, 1.807) is 12.1 Å². The fraction of sp³-hybridized carbons (Fsp3) is 0. The average Bonchev–Trinajstić information content (AvgIpc) is 2.16. The molecule has 0 aliphatic carbocycles. The molecule has 0 unspecified atom stereocenters. The molecule has 0 saturated heterocycles. The number of H-pyrrole nitrogens is 1. The summed E-state index contributed by atoms with van der Waals surface area (Å²) in [4.78, 5) is 13.8. The fourth-order valence-corrected chi connectivity index (χ4v) is 1.70. The normalized spacial score (nSPS) is 10.9. The van der Waals surface area contributed by atoms with E-state index in [-0.39, 0.29) is 10.5 Å². The molecule has 0 spiro atoms. The highest BCUT2D eigenvalue weighted by atomic mass is 32.2. The highest BCUT2D eigenvalue weighted by Gasteiger charge is 1.98. The SMILES string of the molecule is O=c1ccc2cc([SH](=O)=O)ccc2[nH]1. The van der Waals surface area contributed by atoms with Crippen molar-refractivity contribution in [3.05, 3.63) is 40.7 Å². The third-order valence-corrected chi connectivity index (χ3v) is 2.62. The number of fused-ring (bicyclic) bond motifs is 1. The highest BCUT2D eigenvalue weighted by Crippen LogP contribution is 2.12. The predicted octanol–water partition coefficient (Wildman–Crippen LogP) is 0.498. The van der Waals surface area contributed by atoms with E-state index in [0.29, 0.717) is 10.9 Å². The lowest BCUT2D eigenvalue weighted by Gasteiger charge is -1.96. The van der Waals surface area contributed by atoms with E-state index in [0.717, 1.165) is 0 Å². The van der Waals surface area contributed by atoms with Gasteiger partial charge >= 0.3 is 0 Å². The Morgan fingerprint density at radius 3 is 2.57 bits per heavy atom. The quantitative estimate of drug-likeness (QED) is 0.672. The van der Waals surface area contributed by atoms with Gasteiger partial charge in [0.15, 0.2) is 10.7 Å². The Morgan fingerprint density at radius 1 is 1.07 bits per heavy atom. The first-order chi connectivity index (χ1) is 6.66. The number of aromatic amines is 1. The zero-order chi connectivity index (χ0) is 10.1. The lowest BCUT2D eigenvalue weighted by atomic mass is 10.2. The lowest BCUT2D eigenvalue weighted by Crippen LogP contribution is -2.02. The number of rotatable bonds is 1. The van der Waals surface area contributed by atoms with E-state index >= 15 is 0 Å². The van der Waals surface area contributed by atoms with Gasteiger partial charge in [0.2, 0.25) is 5.56 Å². The molecule has 0 aliphatic heterocycles. The van der Waals surface area contributed by atoms with Gasteiger partial charge in [-0.25, -0.2) is 8.42 Å². The summed E-state index contributed by atoms with van der Waals surface area (Å²) in [6.45, 7) is 0. The second-order valence-corrected chi connectivity index (χ2v) is 3.88. The second-order valence-electron chi connectivity index (χ2n) is 2.85. The minimum absolute atomic E-state index is 0.197. The molecule has 0 aliphatic rings. The van der Waals surface area contributed by atoms with Gasteiger partial charge in [0.1, 0.15) is 0 Å². The van der Waals surface area contributed by atoms with Crippen molar-refractivity contribution in [3.8, 4) is 0 Å².